The molecule has 2 rings (SSSR count). The van der Waals surface area contributed by atoms with E-state index >= 15 is 0 Å². The first-order valence-corrected chi connectivity index (χ1v) is 4.89. The Hall–Kier alpha value is -2.11. The first-order chi connectivity index (χ1) is 7.70. The molecule has 0 saturated carbocycles. The molecule has 6 nitrogen and oxygen atoms in total. The van der Waals surface area contributed by atoms with Gasteiger partial charge in [0.15, 0.2) is 0 Å². The standard InChI is InChI=1S/C10H11N3O3/c1-16-9-5-7(10-11-2-3-12-10)4-8(6-9)13(14)15/h4-6H,2-3H2,1H3,(H,11,12)/p+1. The van der Waals surface area contributed by atoms with Crippen LogP contribution in [0.3, 0.4) is 0 Å². The maximum Gasteiger partial charge on any atom is 0.275 e. The first kappa shape index (κ1) is 10.4. The quantitative estimate of drug-likeness (QED) is 0.509. The van der Waals surface area contributed by atoms with Gasteiger partial charge in [-0.15, -0.1) is 0 Å². The second-order valence-electron chi connectivity index (χ2n) is 3.41. The lowest BCUT2D eigenvalue weighted by molar-refractivity contribution is -0.444. The molecule has 1 aromatic carbocycles. The monoisotopic (exact) mass is 222 g/mol. The number of nitro benzene ring substituents is 1. The van der Waals surface area contributed by atoms with Gasteiger partial charge in [-0.1, -0.05) is 0 Å². The summed E-state index contributed by atoms with van der Waals surface area (Å²) in [6.45, 7) is 1.64. The predicted molar refractivity (Wildman–Crippen MR) is 57.6 cm³/mol. The van der Waals surface area contributed by atoms with Crippen LogP contribution >= 0.6 is 0 Å². The number of nitrogens with one attached hydrogen (secondary N) is 2. The minimum Gasteiger partial charge on any atom is -0.496 e. The summed E-state index contributed by atoms with van der Waals surface area (Å²) in [5.74, 6) is 1.29. The van der Waals surface area contributed by atoms with Crippen molar-refractivity contribution >= 4 is 11.5 Å². The molecule has 1 aliphatic heterocycles. The van der Waals surface area contributed by atoms with E-state index in [2.05, 4.69) is 10.3 Å². The third-order valence-electron chi connectivity index (χ3n) is 2.36. The molecule has 0 saturated heterocycles. The molecule has 0 radical (unpaired) electrons. The van der Waals surface area contributed by atoms with E-state index in [1.165, 1.54) is 19.2 Å². The van der Waals surface area contributed by atoms with Crippen molar-refractivity contribution in [2.24, 2.45) is 0 Å². The molecule has 2 N–H and O–H groups in total. The molecule has 0 amide bonds. The van der Waals surface area contributed by atoms with Crippen LogP contribution in [0.2, 0.25) is 0 Å². The third kappa shape index (κ3) is 1.95. The zero-order valence-electron chi connectivity index (χ0n) is 8.82. The van der Waals surface area contributed by atoms with Crippen LogP contribution in [0.1, 0.15) is 5.56 Å². The summed E-state index contributed by atoms with van der Waals surface area (Å²) in [7, 11) is 1.49. The van der Waals surface area contributed by atoms with Crippen LogP contribution in [0.4, 0.5) is 5.69 Å². The fourth-order valence-corrected chi connectivity index (χ4v) is 1.59. The van der Waals surface area contributed by atoms with Gasteiger partial charge in [-0.3, -0.25) is 20.4 Å². The van der Waals surface area contributed by atoms with Crippen molar-refractivity contribution in [3.63, 3.8) is 0 Å². The maximum absolute atomic E-state index is 10.7. The van der Waals surface area contributed by atoms with Gasteiger partial charge < -0.3 is 4.74 Å². The number of methoxy groups -OCH3 is 1. The number of ether oxygens (including phenoxy) is 1. The van der Waals surface area contributed by atoms with Gasteiger partial charge in [0.1, 0.15) is 18.8 Å². The minimum atomic E-state index is -0.429. The normalized spacial score (nSPS) is 14.2. The molecule has 84 valence electrons. The second-order valence-corrected chi connectivity index (χ2v) is 3.41. The molecule has 16 heavy (non-hydrogen) atoms. The Bertz CT molecular complexity index is 457. The maximum atomic E-state index is 10.7. The van der Waals surface area contributed by atoms with Crippen LogP contribution < -0.4 is 15.0 Å². The van der Waals surface area contributed by atoms with Crippen molar-refractivity contribution in [3.8, 4) is 5.75 Å². The van der Waals surface area contributed by atoms with Crippen molar-refractivity contribution in [3.05, 3.63) is 33.9 Å². The predicted octanol–water partition coefficient (Wildman–Crippen LogP) is -0.966. The summed E-state index contributed by atoms with van der Waals surface area (Å²) < 4.78 is 5.03. The van der Waals surface area contributed by atoms with Crippen LogP contribution in [-0.4, -0.2) is 31.0 Å². The van der Waals surface area contributed by atoms with Crippen LogP contribution in [0.15, 0.2) is 18.2 Å². The number of amidine groups is 1. The van der Waals surface area contributed by atoms with Gasteiger partial charge in [-0.05, 0) is 6.07 Å². The van der Waals surface area contributed by atoms with Crippen LogP contribution in [-0.2, 0) is 0 Å². The highest BCUT2D eigenvalue weighted by molar-refractivity contribution is 5.95. The molecule has 0 atom stereocenters. The molecular formula is C10H12N3O3+. The number of non-ortho nitro benzene ring substituents is 1. The summed E-state index contributed by atoms with van der Waals surface area (Å²) >= 11 is 0. The van der Waals surface area contributed by atoms with Crippen LogP contribution in [0.25, 0.3) is 0 Å². The highest BCUT2D eigenvalue weighted by Crippen LogP contribution is 2.22. The van der Waals surface area contributed by atoms with E-state index in [9.17, 15) is 10.1 Å². The van der Waals surface area contributed by atoms with Gasteiger partial charge >= 0.3 is 0 Å². The Labute approximate surface area is 92.1 Å². The van der Waals surface area contributed by atoms with Gasteiger partial charge in [-0.2, -0.15) is 0 Å². The molecular weight excluding hydrogens is 210 g/mol. The molecule has 0 aromatic heterocycles. The molecule has 0 unspecified atom stereocenters. The Kier molecular flexibility index (Phi) is 2.72. The van der Waals surface area contributed by atoms with Crippen LogP contribution in [0, 0.1) is 10.1 Å². The number of rotatable bonds is 3. The average Bonchev–Trinajstić information content (AvgIpc) is 2.81. The number of benzene rings is 1. The highest BCUT2D eigenvalue weighted by atomic mass is 16.6. The van der Waals surface area contributed by atoms with Crippen molar-refractivity contribution in [1.29, 1.82) is 0 Å². The highest BCUT2D eigenvalue weighted by Gasteiger charge is 2.19. The lowest BCUT2D eigenvalue weighted by Gasteiger charge is -2.02. The average molecular weight is 222 g/mol. The van der Waals surface area contributed by atoms with E-state index in [0.29, 0.717) is 5.75 Å². The summed E-state index contributed by atoms with van der Waals surface area (Å²) in [6.07, 6.45) is 0. The fraction of sp³-hybridized carbons (Fsp3) is 0.300. The van der Waals surface area contributed by atoms with Crippen molar-refractivity contribution in [2.45, 2.75) is 0 Å². The minimum absolute atomic E-state index is 0.0253. The third-order valence-corrected chi connectivity index (χ3v) is 2.36. The van der Waals surface area contributed by atoms with E-state index < -0.39 is 4.92 Å². The van der Waals surface area contributed by atoms with E-state index in [0.717, 1.165) is 24.5 Å². The summed E-state index contributed by atoms with van der Waals surface area (Å²) in [5, 5.41) is 13.9. The van der Waals surface area contributed by atoms with Gasteiger partial charge in [-0.25, -0.2) is 0 Å². The number of hydrogen-bond acceptors (Lipinski definition) is 4. The lowest BCUT2D eigenvalue weighted by Crippen LogP contribution is -2.70. The molecule has 0 fully saturated rings. The molecule has 1 aliphatic rings. The van der Waals surface area contributed by atoms with Gasteiger partial charge in [0, 0.05) is 6.07 Å². The first-order valence-electron chi connectivity index (χ1n) is 4.89. The largest absolute Gasteiger partial charge is 0.496 e. The number of nitrogens with zero attached hydrogens (tertiary/aromatic N) is 1. The Morgan fingerprint density at radius 3 is 2.88 bits per heavy atom. The van der Waals surface area contributed by atoms with Crippen molar-refractivity contribution in [2.75, 3.05) is 20.2 Å². The van der Waals surface area contributed by atoms with E-state index in [1.54, 1.807) is 6.07 Å². The molecule has 1 heterocycles. The molecule has 0 aliphatic carbocycles. The topological polar surface area (TPSA) is 78.4 Å². The molecule has 6 heteroatoms. The SMILES string of the molecule is COc1cc(C2=[NH+]CCN2)cc([N+](=O)[O-])c1. The smallest absolute Gasteiger partial charge is 0.275 e. The number of hydrogen-bond donors (Lipinski definition) is 2. The Morgan fingerprint density at radius 2 is 2.31 bits per heavy atom. The zero-order chi connectivity index (χ0) is 11.5. The second kappa shape index (κ2) is 4.18. The van der Waals surface area contributed by atoms with Crippen molar-refractivity contribution < 1.29 is 14.7 Å². The van der Waals surface area contributed by atoms with E-state index in [-0.39, 0.29) is 5.69 Å². The lowest BCUT2D eigenvalue weighted by atomic mass is 10.1. The molecule has 1 aromatic rings. The van der Waals surface area contributed by atoms with Crippen molar-refractivity contribution in [1.82, 2.24) is 5.32 Å². The zero-order valence-corrected chi connectivity index (χ0v) is 8.82. The molecule has 0 bridgehead atoms. The van der Waals surface area contributed by atoms with Crippen LogP contribution in [0.5, 0.6) is 5.75 Å². The molecule has 0 spiro atoms. The van der Waals surface area contributed by atoms with E-state index in [1.807, 2.05) is 0 Å². The summed E-state index contributed by atoms with van der Waals surface area (Å²) in [5.41, 5.74) is 0.765. The van der Waals surface area contributed by atoms with Gasteiger partial charge in [0.05, 0.1) is 23.7 Å². The van der Waals surface area contributed by atoms with E-state index in [4.69, 9.17) is 4.74 Å². The summed E-state index contributed by atoms with van der Waals surface area (Å²) in [4.78, 5) is 13.4. The Balaban J connectivity index is 2.44. The number of nitro groups is 1. The fourth-order valence-electron chi connectivity index (χ4n) is 1.59. The summed E-state index contributed by atoms with van der Waals surface area (Å²) in [6, 6.07) is 4.68. The van der Waals surface area contributed by atoms with Gasteiger partial charge in [0.2, 0.25) is 0 Å². The Morgan fingerprint density at radius 1 is 1.50 bits per heavy atom. The van der Waals surface area contributed by atoms with Gasteiger partial charge in [0.25, 0.3) is 11.5 Å².